The molecule has 0 unspecified atom stereocenters. The minimum absolute atomic E-state index is 0.0413. The molecule has 0 atom stereocenters. The number of carboxylic acids is 1. The minimum Gasteiger partial charge on any atom is -0.481 e. The number of rotatable bonds is 6. The van der Waals surface area contributed by atoms with Gasteiger partial charge in [-0.3, -0.25) is 9.52 Å². The molecular weight excluding hydrogens is 345 g/mol. The highest BCUT2D eigenvalue weighted by atomic mass is 35.5. The molecule has 0 radical (unpaired) electrons. The summed E-state index contributed by atoms with van der Waals surface area (Å²) in [6.45, 7) is 0. The van der Waals surface area contributed by atoms with E-state index in [1.807, 2.05) is 0 Å². The maximum Gasteiger partial charge on any atom is 0.303 e. The van der Waals surface area contributed by atoms with Gasteiger partial charge in [-0.1, -0.05) is 23.7 Å². The molecule has 0 heterocycles. The molecule has 23 heavy (non-hydrogen) atoms. The standard InChI is InChI=1S/C15H13ClFNO4S/c16-11-4-7-14(13(17)9-11)18-23(21,22)12-5-1-10(2-6-12)3-8-15(19)20/h1-2,4-7,9,18H,3,8H2,(H,19,20). The molecule has 8 heteroatoms. The molecular formula is C15H13ClFNO4S. The van der Waals surface area contributed by atoms with Crippen LogP contribution >= 0.6 is 11.6 Å². The van der Waals surface area contributed by atoms with Crippen LogP contribution in [0.2, 0.25) is 5.02 Å². The van der Waals surface area contributed by atoms with E-state index in [1.54, 1.807) is 0 Å². The van der Waals surface area contributed by atoms with E-state index in [-0.39, 0.29) is 22.0 Å². The van der Waals surface area contributed by atoms with Crippen LogP contribution in [-0.4, -0.2) is 19.5 Å². The van der Waals surface area contributed by atoms with Crippen molar-refractivity contribution < 1.29 is 22.7 Å². The molecule has 0 saturated carbocycles. The van der Waals surface area contributed by atoms with Crippen LogP contribution in [-0.2, 0) is 21.2 Å². The number of anilines is 1. The van der Waals surface area contributed by atoms with Crippen LogP contribution in [0.1, 0.15) is 12.0 Å². The molecule has 2 N–H and O–H groups in total. The van der Waals surface area contributed by atoms with E-state index in [0.717, 1.165) is 6.07 Å². The van der Waals surface area contributed by atoms with Crippen LogP contribution in [0.4, 0.5) is 10.1 Å². The van der Waals surface area contributed by atoms with Crippen molar-refractivity contribution in [3.05, 3.63) is 58.9 Å². The number of carboxylic acid groups (broad SMARTS) is 1. The van der Waals surface area contributed by atoms with Gasteiger partial charge in [0.25, 0.3) is 10.0 Å². The fraction of sp³-hybridized carbons (Fsp3) is 0.133. The Kier molecular flexibility index (Phi) is 5.23. The lowest BCUT2D eigenvalue weighted by atomic mass is 10.1. The smallest absolute Gasteiger partial charge is 0.303 e. The number of nitrogens with one attached hydrogen (secondary N) is 1. The van der Waals surface area contributed by atoms with Gasteiger partial charge in [-0.15, -0.1) is 0 Å². The summed E-state index contributed by atoms with van der Waals surface area (Å²) in [5.41, 5.74) is 0.494. The van der Waals surface area contributed by atoms with Gasteiger partial charge in [0.1, 0.15) is 5.82 Å². The summed E-state index contributed by atoms with van der Waals surface area (Å²) in [5, 5.41) is 8.78. The normalized spacial score (nSPS) is 11.2. The molecule has 2 aromatic carbocycles. The Morgan fingerprint density at radius 3 is 2.39 bits per heavy atom. The van der Waals surface area contributed by atoms with E-state index in [0.29, 0.717) is 12.0 Å². The average molecular weight is 358 g/mol. The van der Waals surface area contributed by atoms with Crippen molar-refractivity contribution in [3.8, 4) is 0 Å². The number of halogens is 2. The number of benzene rings is 2. The van der Waals surface area contributed by atoms with Gasteiger partial charge < -0.3 is 5.11 Å². The lowest BCUT2D eigenvalue weighted by Crippen LogP contribution is -2.14. The molecule has 0 aromatic heterocycles. The lowest BCUT2D eigenvalue weighted by molar-refractivity contribution is -0.136. The zero-order valence-electron chi connectivity index (χ0n) is 11.8. The Balaban J connectivity index is 2.17. The first-order valence-corrected chi connectivity index (χ1v) is 8.42. The third-order valence-corrected chi connectivity index (χ3v) is 4.65. The Labute approximate surface area is 137 Å². The number of aryl methyl sites for hydroxylation is 1. The second-order valence-corrected chi connectivity index (χ2v) is 6.89. The van der Waals surface area contributed by atoms with Gasteiger partial charge in [0.05, 0.1) is 10.6 Å². The van der Waals surface area contributed by atoms with Crippen molar-refractivity contribution in [3.63, 3.8) is 0 Å². The number of carbonyl (C=O) groups is 1. The maximum absolute atomic E-state index is 13.7. The molecule has 0 fully saturated rings. The lowest BCUT2D eigenvalue weighted by Gasteiger charge is -2.09. The summed E-state index contributed by atoms with van der Waals surface area (Å²) in [6.07, 6.45) is 0.259. The number of hydrogen-bond acceptors (Lipinski definition) is 3. The number of sulfonamides is 1. The first kappa shape index (κ1) is 17.2. The molecule has 0 spiro atoms. The highest BCUT2D eigenvalue weighted by molar-refractivity contribution is 7.92. The van der Waals surface area contributed by atoms with Crippen LogP contribution in [0, 0.1) is 5.82 Å². The van der Waals surface area contributed by atoms with E-state index in [1.165, 1.54) is 36.4 Å². The van der Waals surface area contributed by atoms with Crippen LogP contribution in [0.3, 0.4) is 0 Å². The SMILES string of the molecule is O=C(O)CCc1ccc(S(=O)(=O)Nc2ccc(Cl)cc2F)cc1. The van der Waals surface area contributed by atoms with Crippen LogP contribution < -0.4 is 4.72 Å². The fourth-order valence-electron chi connectivity index (χ4n) is 1.86. The third-order valence-electron chi connectivity index (χ3n) is 3.04. The van der Waals surface area contributed by atoms with Gasteiger partial charge in [0.15, 0.2) is 0 Å². The van der Waals surface area contributed by atoms with E-state index in [4.69, 9.17) is 16.7 Å². The van der Waals surface area contributed by atoms with Crippen LogP contribution in [0.25, 0.3) is 0 Å². The summed E-state index contributed by atoms with van der Waals surface area (Å²) in [5.74, 6) is -1.71. The molecule has 0 saturated heterocycles. The van der Waals surface area contributed by atoms with Gasteiger partial charge in [-0.05, 0) is 42.3 Å². The van der Waals surface area contributed by atoms with Gasteiger partial charge in [-0.2, -0.15) is 0 Å². The minimum atomic E-state index is -3.95. The summed E-state index contributed by atoms with van der Waals surface area (Å²) < 4.78 is 40.2. The van der Waals surface area contributed by atoms with Gasteiger partial charge >= 0.3 is 5.97 Å². The van der Waals surface area contributed by atoms with E-state index in [2.05, 4.69) is 4.72 Å². The molecule has 122 valence electrons. The second kappa shape index (κ2) is 6.97. The van der Waals surface area contributed by atoms with Gasteiger partial charge in [0.2, 0.25) is 0 Å². The van der Waals surface area contributed by atoms with Crippen LogP contribution in [0.5, 0.6) is 0 Å². The van der Waals surface area contributed by atoms with Crippen molar-refractivity contribution in [2.45, 2.75) is 17.7 Å². The second-order valence-electron chi connectivity index (χ2n) is 4.77. The van der Waals surface area contributed by atoms with Gasteiger partial charge in [-0.25, -0.2) is 12.8 Å². The molecule has 5 nitrogen and oxygen atoms in total. The van der Waals surface area contributed by atoms with E-state index >= 15 is 0 Å². The highest BCUT2D eigenvalue weighted by Gasteiger charge is 2.16. The zero-order valence-corrected chi connectivity index (χ0v) is 13.4. The Morgan fingerprint density at radius 1 is 1.17 bits per heavy atom. The number of aliphatic carboxylic acids is 1. The zero-order chi connectivity index (χ0) is 17.0. The van der Waals surface area contributed by atoms with E-state index in [9.17, 15) is 17.6 Å². The summed E-state index contributed by atoms with van der Waals surface area (Å²) in [6, 6.07) is 9.34. The summed E-state index contributed by atoms with van der Waals surface area (Å²) >= 11 is 5.62. The van der Waals surface area contributed by atoms with E-state index < -0.39 is 21.8 Å². The molecule has 0 aliphatic rings. The van der Waals surface area contributed by atoms with Crippen molar-refractivity contribution in [1.29, 1.82) is 0 Å². The van der Waals surface area contributed by atoms with Crippen molar-refractivity contribution in [1.82, 2.24) is 0 Å². The first-order chi connectivity index (χ1) is 10.8. The summed E-state index contributed by atoms with van der Waals surface area (Å²) in [4.78, 5) is 10.5. The van der Waals surface area contributed by atoms with Crippen molar-refractivity contribution in [2.75, 3.05) is 4.72 Å². The highest BCUT2D eigenvalue weighted by Crippen LogP contribution is 2.22. The summed E-state index contributed by atoms with van der Waals surface area (Å²) in [7, 11) is -3.95. The Hall–Kier alpha value is -2.12. The monoisotopic (exact) mass is 357 g/mol. The Morgan fingerprint density at radius 2 is 1.83 bits per heavy atom. The van der Waals surface area contributed by atoms with Crippen LogP contribution in [0.15, 0.2) is 47.4 Å². The predicted octanol–water partition coefficient (Wildman–Crippen LogP) is 3.30. The fourth-order valence-corrected chi connectivity index (χ4v) is 3.09. The molecule has 0 aliphatic heterocycles. The topological polar surface area (TPSA) is 83.5 Å². The maximum atomic E-state index is 13.7. The first-order valence-electron chi connectivity index (χ1n) is 6.56. The van der Waals surface area contributed by atoms with Gasteiger partial charge in [0, 0.05) is 11.4 Å². The Bertz CT molecular complexity index is 822. The number of hydrogen-bond donors (Lipinski definition) is 2. The molecule has 0 amide bonds. The largest absolute Gasteiger partial charge is 0.481 e. The van der Waals surface area contributed by atoms with Crippen molar-refractivity contribution in [2.24, 2.45) is 0 Å². The molecule has 0 aliphatic carbocycles. The quantitative estimate of drug-likeness (QED) is 0.830. The van der Waals surface area contributed by atoms with Crippen molar-refractivity contribution >= 4 is 33.3 Å². The molecule has 2 aromatic rings. The molecule has 2 rings (SSSR count). The molecule has 0 bridgehead atoms. The third kappa shape index (κ3) is 4.67. The predicted molar refractivity (Wildman–Crippen MR) is 84.6 cm³/mol. The average Bonchev–Trinajstić information content (AvgIpc) is 2.48.